The van der Waals surface area contributed by atoms with Crippen molar-refractivity contribution in [3.63, 3.8) is 0 Å². The van der Waals surface area contributed by atoms with E-state index in [0.717, 1.165) is 11.4 Å². The van der Waals surface area contributed by atoms with Crippen molar-refractivity contribution in [3.05, 3.63) is 41.5 Å². The lowest BCUT2D eigenvalue weighted by molar-refractivity contribution is 0.0959. The molecular weight excluding hydrogens is 315 g/mol. The molecule has 0 radical (unpaired) electrons. The van der Waals surface area contributed by atoms with Crippen molar-refractivity contribution in [2.45, 2.75) is 20.8 Å². The van der Waals surface area contributed by atoms with Crippen LogP contribution in [0.3, 0.4) is 0 Å². The number of benzene rings is 1. The number of hydrogen-bond acceptors (Lipinski definition) is 3. The minimum absolute atomic E-state index is 0.00707. The van der Waals surface area contributed by atoms with Crippen LogP contribution in [0.2, 0.25) is 0 Å². The van der Waals surface area contributed by atoms with Crippen molar-refractivity contribution < 1.29 is 9.18 Å². The zero-order chi connectivity index (χ0) is 17.6. The lowest BCUT2D eigenvalue weighted by Gasteiger charge is -2.21. The summed E-state index contributed by atoms with van der Waals surface area (Å²) in [6, 6.07) is 4.33. The highest BCUT2D eigenvalue weighted by atomic mass is 32.1. The van der Waals surface area contributed by atoms with E-state index in [-0.39, 0.29) is 5.56 Å². The molecule has 1 aromatic carbocycles. The number of halogens is 1. The number of hydrogen-bond donors (Lipinski definition) is 2. The third-order valence-corrected chi connectivity index (χ3v) is 3.31. The van der Waals surface area contributed by atoms with E-state index in [0.29, 0.717) is 10.8 Å². The number of carbonyl (C=O) groups excluding carboxylic acids is 1. The van der Waals surface area contributed by atoms with Crippen LogP contribution in [0.4, 0.5) is 10.1 Å². The van der Waals surface area contributed by atoms with Gasteiger partial charge in [0.25, 0.3) is 5.91 Å². The number of thiocarbonyl (C=S) groups is 1. The van der Waals surface area contributed by atoms with Crippen molar-refractivity contribution in [1.29, 1.82) is 0 Å². The number of rotatable bonds is 4. The molecule has 1 amide bonds. The fraction of sp³-hybridized carbons (Fsp3) is 0.312. The summed E-state index contributed by atoms with van der Waals surface area (Å²) in [5, 5.41) is 5.80. The van der Waals surface area contributed by atoms with Crippen LogP contribution in [-0.4, -0.2) is 30.8 Å². The number of nitrogens with one attached hydrogen (secondary N) is 2. The maximum absolute atomic E-state index is 14.0. The summed E-state index contributed by atoms with van der Waals surface area (Å²) in [5.74, 6) is -1.07. The molecule has 0 heterocycles. The van der Waals surface area contributed by atoms with E-state index in [2.05, 4.69) is 15.6 Å². The SMILES string of the molecule is CNC(=O)c1ccc(N(C)C(=S)N/C(C)=C/N=C(C)C)cc1F. The molecule has 0 bridgehead atoms. The van der Waals surface area contributed by atoms with E-state index in [4.69, 9.17) is 12.2 Å². The second kappa shape index (κ2) is 8.38. The summed E-state index contributed by atoms with van der Waals surface area (Å²) in [5.41, 5.74) is 2.23. The van der Waals surface area contributed by atoms with Crippen LogP contribution in [0.15, 0.2) is 35.1 Å². The lowest BCUT2D eigenvalue weighted by Crippen LogP contribution is -2.36. The van der Waals surface area contributed by atoms with Crippen LogP contribution in [-0.2, 0) is 0 Å². The number of nitrogens with zero attached hydrogens (tertiary/aromatic N) is 2. The molecule has 0 spiro atoms. The van der Waals surface area contributed by atoms with Gasteiger partial charge in [-0.05, 0) is 51.2 Å². The van der Waals surface area contributed by atoms with Gasteiger partial charge in [0, 0.05) is 37.4 Å². The van der Waals surface area contributed by atoms with Crippen LogP contribution in [0.25, 0.3) is 0 Å². The van der Waals surface area contributed by atoms with Gasteiger partial charge in [-0.25, -0.2) is 4.39 Å². The molecule has 0 aromatic heterocycles. The van der Waals surface area contributed by atoms with Crippen LogP contribution < -0.4 is 15.5 Å². The Balaban J connectivity index is 2.89. The summed E-state index contributed by atoms with van der Waals surface area (Å²) in [7, 11) is 3.17. The zero-order valence-corrected chi connectivity index (χ0v) is 14.7. The van der Waals surface area contributed by atoms with Gasteiger partial charge >= 0.3 is 0 Å². The first-order valence-electron chi connectivity index (χ1n) is 7.00. The van der Waals surface area contributed by atoms with Gasteiger partial charge in [-0.2, -0.15) is 0 Å². The maximum Gasteiger partial charge on any atom is 0.253 e. The normalized spacial score (nSPS) is 10.8. The van der Waals surface area contributed by atoms with Crippen LogP contribution in [0.5, 0.6) is 0 Å². The van der Waals surface area contributed by atoms with Crippen LogP contribution in [0.1, 0.15) is 31.1 Å². The summed E-state index contributed by atoms with van der Waals surface area (Å²) in [4.78, 5) is 17.3. The molecule has 1 rings (SSSR count). The summed E-state index contributed by atoms with van der Waals surface area (Å²) in [6.45, 7) is 5.62. The van der Waals surface area contributed by atoms with Crippen LogP contribution in [0, 0.1) is 5.82 Å². The summed E-state index contributed by atoms with van der Waals surface area (Å²) < 4.78 is 14.0. The predicted molar refractivity (Wildman–Crippen MR) is 96.5 cm³/mol. The summed E-state index contributed by atoms with van der Waals surface area (Å²) >= 11 is 5.29. The van der Waals surface area contributed by atoms with E-state index < -0.39 is 11.7 Å². The fourth-order valence-corrected chi connectivity index (χ4v) is 1.93. The van der Waals surface area contributed by atoms with Crippen molar-refractivity contribution in [2.75, 3.05) is 19.0 Å². The Hall–Kier alpha value is -2.28. The van der Waals surface area contributed by atoms with E-state index in [1.165, 1.54) is 19.2 Å². The van der Waals surface area contributed by atoms with Gasteiger partial charge in [-0.15, -0.1) is 0 Å². The van der Waals surface area contributed by atoms with E-state index >= 15 is 0 Å². The molecule has 0 aliphatic carbocycles. The highest BCUT2D eigenvalue weighted by Crippen LogP contribution is 2.18. The molecule has 0 unspecified atom stereocenters. The smallest absolute Gasteiger partial charge is 0.253 e. The molecule has 0 aliphatic heterocycles. The Bertz CT molecular complexity index is 666. The van der Waals surface area contributed by atoms with Gasteiger partial charge in [-0.3, -0.25) is 9.79 Å². The third kappa shape index (κ3) is 5.45. The molecular formula is C16H21FN4OS. The summed E-state index contributed by atoms with van der Waals surface area (Å²) in [6.07, 6.45) is 1.67. The maximum atomic E-state index is 14.0. The third-order valence-electron chi connectivity index (χ3n) is 2.94. The number of allylic oxidation sites excluding steroid dienone is 1. The number of amides is 1. The Labute approximate surface area is 141 Å². The molecule has 2 N–H and O–H groups in total. The fourth-order valence-electron chi connectivity index (χ4n) is 1.66. The van der Waals surface area contributed by atoms with Gasteiger partial charge < -0.3 is 15.5 Å². The van der Waals surface area contributed by atoms with Gasteiger partial charge in [0.2, 0.25) is 0 Å². The van der Waals surface area contributed by atoms with Crippen molar-refractivity contribution in [1.82, 2.24) is 10.6 Å². The van der Waals surface area contributed by atoms with Crippen molar-refractivity contribution in [2.24, 2.45) is 4.99 Å². The topological polar surface area (TPSA) is 56.7 Å². The van der Waals surface area contributed by atoms with E-state index in [1.807, 2.05) is 20.8 Å². The minimum atomic E-state index is -0.602. The van der Waals surface area contributed by atoms with Crippen LogP contribution >= 0.6 is 12.2 Å². The first-order valence-corrected chi connectivity index (χ1v) is 7.41. The number of aliphatic imine (C=N–C) groups is 1. The highest BCUT2D eigenvalue weighted by molar-refractivity contribution is 7.80. The van der Waals surface area contributed by atoms with E-state index in [1.54, 1.807) is 24.2 Å². The van der Waals surface area contributed by atoms with Gasteiger partial charge in [-0.1, -0.05) is 0 Å². The van der Waals surface area contributed by atoms with Crippen molar-refractivity contribution >= 4 is 34.6 Å². The monoisotopic (exact) mass is 336 g/mol. The standard InChI is InChI=1S/C16H21FN4OS/c1-10(2)19-9-11(3)20-16(23)21(5)12-6-7-13(14(17)8-12)15(22)18-4/h6-9H,1-5H3,(H,18,22)(H,20,23)/b11-9+. The lowest BCUT2D eigenvalue weighted by atomic mass is 10.1. The molecule has 0 saturated heterocycles. The largest absolute Gasteiger partial charge is 0.355 e. The molecule has 7 heteroatoms. The molecule has 23 heavy (non-hydrogen) atoms. The minimum Gasteiger partial charge on any atom is -0.355 e. The zero-order valence-electron chi connectivity index (χ0n) is 13.9. The van der Waals surface area contributed by atoms with Gasteiger partial charge in [0.05, 0.1) is 5.56 Å². The average Bonchev–Trinajstić information content (AvgIpc) is 2.51. The number of carbonyl (C=O) groups is 1. The Morgan fingerprint density at radius 3 is 2.52 bits per heavy atom. The predicted octanol–water partition coefficient (Wildman–Crippen LogP) is 2.84. The molecule has 0 fully saturated rings. The second-order valence-corrected chi connectivity index (χ2v) is 5.51. The molecule has 0 aliphatic rings. The van der Waals surface area contributed by atoms with Crippen molar-refractivity contribution in [3.8, 4) is 0 Å². The molecule has 0 atom stereocenters. The Morgan fingerprint density at radius 1 is 1.35 bits per heavy atom. The molecule has 124 valence electrons. The molecule has 0 saturated carbocycles. The first kappa shape index (κ1) is 18.8. The van der Waals surface area contributed by atoms with Gasteiger partial charge in [0.15, 0.2) is 5.11 Å². The van der Waals surface area contributed by atoms with Gasteiger partial charge in [0.1, 0.15) is 5.82 Å². The highest BCUT2D eigenvalue weighted by Gasteiger charge is 2.14. The quantitative estimate of drug-likeness (QED) is 0.656. The first-order chi connectivity index (χ1) is 10.8. The molecule has 5 nitrogen and oxygen atoms in total. The number of anilines is 1. The van der Waals surface area contributed by atoms with E-state index in [9.17, 15) is 9.18 Å². The Morgan fingerprint density at radius 2 is 2.00 bits per heavy atom. The Kier molecular flexibility index (Phi) is 6.84. The second-order valence-electron chi connectivity index (χ2n) is 5.12. The molecule has 1 aromatic rings. The average molecular weight is 336 g/mol.